The molecular weight excluding hydrogens is 556 g/mol. The van der Waals surface area contributed by atoms with E-state index in [9.17, 15) is 4.79 Å². The van der Waals surface area contributed by atoms with Gasteiger partial charge in [0.05, 0.1) is 18.4 Å². The van der Waals surface area contributed by atoms with Gasteiger partial charge in [-0.2, -0.15) is 4.57 Å². The third-order valence-electron chi connectivity index (χ3n) is 6.71. The number of carbonyl (C=O) groups excluding carboxylic acids is 1. The van der Waals surface area contributed by atoms with Crippen molar-refractivity contribution in [1.82, 2.24) is 0 Å². The fourth-order valence-corrected chi connectivity index (χ4v) is 5.15. The predicted octanol–water partition coefficient (Wildman–Crippen LogP) is 5.35. The molecule has 0 unspecified atom stereocenters. The first kappa shape index (κ1) is 32.0. The Morgan fingerprint density at radius 3 is 2.11 bits per heavy atom. The van der Waals surface area contributed by atoms with Crippen molar-refractivity contribution in [3.05, 3.63) is 76.7 Å². The lowest BCUT2D eigenvalue weighted by molar-refractivity contribution is -0.683. The van der Waals surface area contributed by atoms with Crippen LogP contribution in [0.25, 0.3) is 0 Å². The number of amides is 1. The number of hydrogen-bond acceptors (Lipinski definition) is 3. The van der Waals surface area contributed by atoms with Crippen LogP contribution in [0, 0.1) is 0 Å². The first-order valence-corrected chi connectivity index (χ1v) is 15.2. The second-order valence-electron chi connectivity index (χ2n) is 9.97. The van der Waals surface area contributed by atoms with Crippen molar-refractivity contribution in [3.63, 3.8) is 0 Å². The molecule has 0 saturated heterocycles. The van der Waals surface area contributed by atoms with Crippen LogP contribution in [0.5, 0.6) is 5.75 Å². The zero-order valence-electron chi connectivity index (χ0n) is 23.0. The number of rotatable bonds is 19. The second kappa shape index (κ2) is 19.8. The Hall–Kier alpha value is -2.18. The molecule has 1 heterocycles. The van der Waals surface area contributed by atoms with Crippen LogP contribution >= 0.6 is 11.3 Å². The third-order valence-corrected chi connectivity index (χ3v) is 7.38. The van der Waals surface area contributed by atoms with E-state index >= 15 is 0 Å². The Kier molecular flexibility index (Phi) is 16.7. The highest BCUT2D eigenvalue weighted by atomic mass is 79.9. The van der Waals surface area contributed by atoms with Gasteiger partial charge in [-0.05, 0) is 24.6 Å². The average molecular weight is 602 g/mol. The minimum atomic E-state index is -0.0265. The summed E-state index contributed by atoms with van der Waals surface area (Å²) in [5.41, 5.74) is 5.05. The summed E-state index contributed by atoms with van der Waals surface area (Å²) in [7, 11) is 0. The number of ether oxygens (including phenoxy) is 1. The van der Waals surface area contributed by atoms with E-state index in [-0.39, 0.29) is 22.9 Å². The number of unbranched alkanes of at least 4 members (excludes halogenated alkanes) is 11. The molecule has 38 heavy (non-hydrogen) atoms. The first-order valence-electron chi connectivity index (χ1n) is 14.3. The van der Waals surface area contributed by atoms with Gasteiger partial charge in [0.25, 0.3) is 0 Å². The molecule has 3 aromatic rings. The minimum Gasteiger partial charge on any atom is -1.00 e. The smallest absolute Gasteiger partial charge is 0.228 e. The number of halogens is 1. The Bertz CT molecular complexity index is 1010. The molecule has 0 aliphatic carbocycles. The summed E-state index contributed by atoms with van der Waals surface area (Å²) in [5.74, 6) is 0.797. The molecule has 208 valence electrons. The lowest BCUT2D eigenvalue weighted by Gasteiger charge is -2.12. The number of aromatic nitrogens is 1. The van der Waals surface area contributed by atoms with Crippen LogP contribution in [-0.2, 0) is 17.8 Å². The molecule has 0 fully saturated rings. The van der Waals surface area contributed by atoms with Crippen molar-refractivity contribution < 1.29 is 31.1 Å². The number of thiazole rings is 1. The maximum absolute atomic E-state index is 12.7. The topological polar surface area (TPSA) is 42.2 Å². The standard InChI is InChI=1S/C32H44N2O2S.BrH/c1-2-3-4-5-6-7-8-9-10-11-12-15-23-36-31-17-14-13-16-29(31)25-32(35)33-30-20-18-28(19-21-30)26-34-22-24-37-27-34;/h13-14,16-22,24,27H,2-12,15,23,25-26H2,1H3;1H. The zero-order chi connectivity index (χ0) is 26.0. The molecule has 0 spiro atoms. The van der Waals surface area contributed by atoms with Gasteiger partial charge < -0.3 is 27.0 Å². The highest BCUT2D eigenvalue weighted by molar-refractivity contribution is 7.07. The molecule has 0 aliphatic rings. The number of hydrogen-bond donors (Lipinski definition) is 1. The van der Waals surface area contributed by atoms with E-state index in [2.05, 4.69) is 46.0 Å². The summed E-state index contributed by atoms with van der Waals surface area (Å²) in [4.78, 5) is 12.7. The molecule has 1 aromatic heterocycles. The molecule has 4 nitrogen and oxygen atoms in total. The SMILES string of the molecule is CCCCCCCCCCCCCCOc1ccccc1CC(=O)Nc1ccc(C[n+]2ccsc2)cc1.[Br-]. The van der Waals surface area contributed by atoms with Crippen molar-refractivity contribution in [2.45, 2.75) is 96.9 Å². The summed E-state index contributed by atoms with van der Waals surface area (Å²) in [6.45, 7) is 3.82. The van der Waals surface area contributed by atoms with Crippen LogP contribution in [0.2, 0.25) is 0 Å². The quantitative estimate of drug-likeness (QED) is 0.149. The monoisotopic (exact) mass is 600 g/mol. The fourth-order valence-electron chi connectivity index (χ4n) is 4.55. The van der Waals surface area contributed by atoms with E-state index in [1.54, 1.807) is 11.3 Å². The van der Waals surface area contributed by atoms with Crippen LogP contribution in [0.4, 0.5) is 5.69 Å². The maximum atomic E-state index is 12.7. The lowest BCUT2D eigenvalue weighted by atomic mass is 10.1. The third kappa shape index (κ3) is 13.1. The molecule has 0 aliphatic heterocycles. The van der Waals surface area contributed by atoms with Gasteiger partial charge in [0.2, 0.25) is 11.4 Å². The minimum absolute atomic E-state index is 0. The molecule has 0 bridgehead atoms. The molecule has 3 rings (SSSR count). The number of nitrogens with one attached hydrogen (secondary N) is 1. The summed E-state index contributed by atoms with van der Waals surface area (Å²) < 4.78 is 8.21. The van der Waals surface area contributed by atoms with Gasteiger partial charge in [0.1, 0.15) is 5.75 Å². The largest absolute Gasteiger partial charge is 1.00 e. The summed E-state index contributed by atoms with van der Waals surface area (Å²) in [5, 5.41) is 5.09. The van der Waals surface area contributed by atoms with Crippen molar-refractivity contribution in [2.24, 2.45) is 0 Å². The van der Waals surface area contributed by atoms with Crippen molar-refractivity contribution >= 4 is 22.9 Å². The normalized spacial score (nSPS) is 10.7. The van der Waals surface area contributed by atoms with Gasteiger partial charge in [0, 0.05) is 16.8 Å². The maximum Gasteiger partial charge on any atom is 0.228 e. The molecule has 1 N–H and O–H groups in total. The molecular formula is C32H45BrN2O2S. The van der Waals surface area contributed by atoms with Gasteiger partial charge >= 0.3 is 0 Å². The van der Waals surface area contributed by atoms with E-state index in [1.807, 2.05) is 36.4 Å². The molecule has 6 heteroatoms. The predicted molar refractivity (Wildman–Crippen MR) is 155 cm³/mol. The summed E-state index contributed by atoms with van der Waals surface area (Å²) >= 11 is 1.68. The summed E-state index contributed by atoms with van der Waals surface area (Å²) in [6, 6.07) is 16.0. The molecule has 2 aromatic carbocycles. The number of para-hydroxylation sites is 1. The van der Waals surface area contributed by atoms with Crippen LogP contribution in [0.1, 0.15) is 95.1 Å². The van der Waals surface area contributed by atoms with E-state index < -0.39 is 0 Å². The van der Waals surface area contributed by atoms with Crippen LogP contribution in [0.3, 0.4) is 0 Å². The first-order chi connectivity index (χ1) is 18.2. The molecule has 0 saturated carbocycles. The van der Waals surface area contributed by atoms with Gasteiger partial charge in [-0.3, -0.25) is 4.79 Å². The van der Waals surface area contributed by atoms with Crippen LogP contribution < -0.4 is 31.6 Å². The average Bonchev–Trinajstić information content (AvgIpc) is 3.42. The Morgan fingerprint density at radius 1 is 0.842 bits per heavy atom. The number of carbonyl (C=O) groups is 1. The second-order valence-corrected chi connectivity index (χ2v) is 10.7. The van der Waals surface area contributed by atoms with Crippen molar-refractivity contribution in [2.75, 3.05) is 11.9 Å². The highest BCUT2D eigenvalue weighted by Crippen LogP contribution is 2.20. The van der Waals surface area contributed by atoms with Crippen molar-refractivity contribution in [3.8, 4) is 5.75 Å². The number of nitrogens with zero attached hydrogens (tertiary/aromatic N) is 1. The van der Waals surface area contributed by atoms with E-state index in [0.29, 0.717) is 13.0 Å². The Balaban J connectivity index is 0.00000507. The number of benzene rings is 2. The molecule has 1 amide bonds. The fraction of sp³-hybridized carbons (Fsp3) is 0.500. The summed E-state index contributed by atoms with van der Waals surface area (Å²) in [6.07, 6.45) is 18.4. The van der Waals surface area contributed by atoms with E-state index in [0.717, 1.165) is 30.0 Å². The van der Waals surface area contributed by atoms with Gasteiger partial charge in [-0.25, -0.2) is 0 Å². The van der Waals surface area contributed by atoms with E-state index in [4.69, 9.17) is 4.74 Å². The van der Waals surface area contributed by atoms with Crippen LogP contribution in [0.15, 0.2) is 65.6 Å². The molecule has 0 radical (unpaired) electrons. The lowest BCUT2D eigenvalue weighted by Crippen LogP contribution is -3.00. The van der Waals surface area contributed by atoms with Crippen molar-refractivity contribution in [1.29, 1.82) is 0 Å². The Labute approximate surface area is 244 Å². The Morgan fingerprint density at radius 2 is 1.47 bits per heavy atom. The van der Waals surface area contributed by atoms with Gasteiger partial charge in [-0.1, -0.05) is 119 Å². The van der Waals surface area contributed by atoms with Gasteiger partial charge in [-0.15, -0.1) is 0 Å². The zero-order valence-corrected chi connectivity index (χ0v) is 25.4. The van der Waals surface area contributed by atoms with E-state index in [1.165, 1.54) is 76.2 Å². The van der Waals surface area contributed by atoms with Crippen LogP contribution in [-0.4, -0.2) is 12.5 Å². The molecule has 0 atom stereocenters. The van der Waals surface area contributed by atoms with Gasteiger partial charge in [0.15, 0.2) is 12.7 Å². The number of anilines is 1. The highest BCUT2D eigenvalue weighted by Gasteiger charge is 2.10.